The Labute approximate surface area is 114 Å². The first-order valence-corrected chi connectivity index (χ1v) is 7.32. The van der Waals surface area contributed by atoms with E-state index in [9.17, 15) is 0 Å². The van der Waals surface area contributed by atoms with Crippen LogP contribution in [0.1, 0.15) is 24.8 Å². The minimum Gasteiger partial charge on any atom is -0.327 e. The van der Waals surface area contributed by atoms with Crippen LogP contribution in [-0.4, -0.2) is 24.0 Å². The quantitative estimate of drug-likeness (QED) is 0.890. The molecule has 3 unspecified atom stereocenters. The molecule has 3 rings (SSSR count). The van der Waals surface area contributed by atoms with Crippen molar-refractivity contribution in [2.24, 2.45) is 17.6 Å². The van der Waals surface area contributed by atoms with Crippen LogP contribution in [0.25, 0.3) is 0 Å². The molecule has 3 atom stereocenters. The number of nitrogens with two attached hydrogens (primary N) is 1. The van der Waals surface area contributed by atoms with E-state index in [-0.39, 0.29) is 0 Å². The molecule has 1 aromatic carbocycles. The molecule has 0 spiro atoms. The number of rotatable bonds is 2. The van der Waals surface area contributed by atoms with Crippen molar-refractivity contribution in [2.75, 3.05) is 13.1 Å². The molecule has 18 heavy (non-hydrogen) atoms. The van der Waals surface area contributed by atoms with Gasteiger partial charge in [0.1, 0.15) is 0 Å². The van der Waals surface area contributed by atoms with E-state index < -0.39 is 0 Å². The zero-order valence-electron chi connectivity index (χ0n) is 10.7. The molecule has 0 radical (unpaired) electrons. The summed E-state index contributed by atoms with van der Waals surface area (Å²) < 4.78 is 0. The van der Waals surface area contributed by atoms with Crippen LogP contribution in [0.5, 0.6) is 0 Å². The summed E-state index contributed by atoms with van der Waals surface area (Å²) in [5, 5.41) is 0.834. The summed E-state index contributed by atoms with van der Waals surface area (Å²) in [4.78, 5) is 2.55. The molecule has 98 valence electrons. The van der Waals surface area contributed by atoms with Gasteiger partial charge in [0.25, 0.3) is 0 Å². The van der Waals surface area contributed by atoms with E-state index in [0.29, 0.717) is 6.04 Å². The molecule has 1 aliphatic carbocycles. The zero-order valence-corrected chi connectivity index (χ0v) is 11.4. The van der Waals surface area contributed by atoms with Gasteiger partial charge in [0, 0.05) is 30.7 Å². The van der Waals surface area contributed by atoms with E-state index in [4.69, 9.17) is 17.3 Å². The molecule has 2 fully saturated rings. The summed E-state index contributed by atoms with van der Waals surface area (Å²) in [6.07, 6.45) is 3.89. The Morgan fingerprint density at radius 2 is 2.17 bits per heavy atom. The molecule has 1 aliphatic heterocycles. The van der Waals surface area contributed by atoms with Crippen LogP contribution in [0.2, 0.25) is 5.02 Å². The van der Waals surface area contributed by atoms with E-state index >= 15 is 0 Å². The molecule has 0 aromatic heterocycles. The lowest BCUT2D eigenvalue weighted by atomic mass is 9.78. The fourth-order valence-electron chi connectivity index (χ4n) is 3.63. The Morgan fingerprint density at radius 1 is 1.28 bits per heavy atom. The summed E-state index contributed by atoms with van der Waals surface area (Å²) in [6.45, 7) is 3.39. The highest BCUT2D eigenvalue weighted by Gasteiger charge is 2.38. The van der Waals surface area contributed by atoms with Crippen molar-refractivity contribution in [3.63, 3.8) is 0 Å². The minimum absolute atomic E-state index is 0.424. The monoisotopic (exact) mass is 264 g/mol. The van der Waals surface area contributed by atoms with Crippen LogP contribution in [-0.2, 0) is 6.54 Å². The summed E-state index contributed by atoms with van der Waals surface area (Å²) in [5.41, 5.74) is 7.57. The van der Waals surface area contributed by atoms with Crippen molar-refractivity contribution in [3.8, 4) is 0 Å². The standard InChI is InChI=1S/C15H21ClN2/c16-13-5-1-3-11(7-13)8-18-9-12-4-2-6-15(17)14(12)10-18/h1,3,5,7,12,14-15H,2,4,6,8-10,17H2. The topological polar surface area (TPSA) is 29.3 Å². The van der Waals surface area contributed by atoms with Gasteiger partial charge in [0.2, 0.25) is 0 Å². The average molecular weight is 265 g/mol. The van der Waals surface area contributed by atoms with E-state index in [1.807, 2.05) is 12.1 Å². The fourth-order valence-corrected chi connectivity index (χ4v) is 3.84. The molecule has 1 saturated heterocycles. The Morgan fingerprint density at radius 3 is 2.94 bits per heavy atom. The summed E-state index contributed by atoms with van der Waals surface area (Å²) >= 11 is 6.04. The molecule has 0 bridgehead atoms. The maximum Gasteiger partial charge on any atom is 0.0409 e. The van der Waals surface area contributed by atoms with Gasteiger partial charge < -0.3 is 5.73 Å². The molecule has 3 heteroatoms. The van der Waals surface area contributed by atoms with Crippen molar-refractivity contribution >= 4 is 11.6 Å². The Kier molecular flexibility index (Phi) is 3.60. The van der Waals surface area contributed by atoms with Crippen LogP contribution in [0, 0.1) is 11.8 Å². The van der Waals surface area contributed by atoms with Gasteiger partial charge in [-0.1, -0.05) is 30.2 Å². The number of hydrogen-bond acceptors (Lipinski definition) is 2. The first-order valence-electron chi connectivity index (χ1n) is 6.95. The van der Waals surface area contributed by atoms with Crippen LogP contribution < -0.4 is 5.73 Å². The van der Waals surface area contributed by atoms with Crippen LogP contribution in [0.15, 0.2) is 24.3 Å². The Balaban J connectivity index is 1.65. The van der Waals surface area contributed by atoms with Gasteiger partial charge in [-0.2, -0.15) is 0 Å². The van der Waals surface area contributed by atoms with Gasteiger partial charge in [-0.3, -0.25) is 4.90 Å². The van der Waals surface area contributed by atoms with Crippen molar-refractivity contribution in [2.45, 2.75) is 31.8 Å². The second-order valence-corrected chi connectivity index (χ2v) is 6.28. The molecular weight excluding hydrogens is 244 g/mol. The number of fused-ring (bicyclic) bond motifs is 1. The van der Waals surface area contributed by atoms with E-state index in [1.165, 1.54) is 37.9 Å². The van der Waals surface area contributed by atoms with Crippen LogP contribution >= 0.6 is 11.6 Å². The molecule has 1 aromatic rings. The molecule has 2 aliphatic rings. The molecule has 1 saturated carbocycles. The van der Waals surface area contributed by atoms with Crippen molar-refractivity contribution in [3.05, 3.63) is 34.9 Å². The third kappa shape index (κ3) is 2.56. The van der Waals surface area contributed by atoms with E-state index in [1.54, 1.807) is 0 Å². The van der Waals surface area contributed by atoms with Crippen LogP contribution in [0.4, 0.5) is 0 Å². The Hall–Kier alpha value is -0.570. The minimum atomic E-state index is 0.424. The molecule has 2 N–H and O–H groups in total. The average Bonchev–Trinajstić information content (AvgIpc) is 2.73. The fraction of sp³-hybridized carbons (Fsp3) is 0.600. The number of benzene rings is 1. The van der Waals surface area contributed by atoms with E-state index in [2.05, 4.69) is 17.0 Å². The summed E-state index contributed by atoms with van der Waals surface area (Å²) in [7, 11) is 0. The van der Waals surface area contributed by atoms with Crippen molar-refractivity contribution < 1.29 is 0 Å². The van der Waals surface area contributed by atoms with Gasteiger partial charge in [-0.05, 0) is 42.4 Å². The van der Waals surface area contributed by atoms with Crippen molar-refractivity contribution in [1.82, 2.24) is 4.90 Å². The van der Waals surface area contributed by atoms with Gasteiger partial charge in [-0.15, -0.1) is 0 Å². The smallest absolute Gasteiger partial charge is 0.0409 e. The predicted octanol–water partition coefficient (Wildman–Crippen LogP) is 2.90. The van der Waals surface area contributed by atoms with Gasteiger partial charge >= 0.3 is 0 Å². The third-order valence-electron chi connectivity index (χ3n) is 4.52. The van der Waals surface area contributed by atoms with Gasteiger partial charge in [0.15, 0.2) is 0 Å². The molecular formula is C15H21ClN2. The number of nitrogens with zero attached hydrogens (tertiary/aromatic N) is 1. The first kappa shape index (κ1) is 12.5. The van der Waals surface area contributed by atoms with Gasteiger partial charge in [-0.25, -0.2) is 0 Å². The highest BCUT2D eigenvalue weighted by molar-refractivity contribution is 6.30. The lowest BCUT2D eigenvalue weighted by Crippen LogP contribution is -2.38. The maximum absolute atomic E-state index is 6.25. The number of hydrogen-bond donors (Lipinski definition) is 1. The maximum atomic E-state index is 6.25. The normalized spacial score (nSPS) is 32.4. The number of halogens is 1. The highest BCUT2D eigenvalue weighted by atomic mass is 35.5. The lowest BCUT2D eigenvalue weighted by Gasteiger charge is -2.29. The number of likely N-dealkylation sites (tertiary alicyclic amines) is 1. The zero-order chi connectivity index (χ0) is 12.5. The molecule has 2 nitrogen and oxygen atoms in total. The first-order chi connectivity index (χ1) is 8.72. The van der Waals surface area contributed by atoms with E-state index in [0.717, 1.165) is 23.4 Å². The lowest BCUT2D eigenvalue weighted by molar-refractivity contribution is 0.259. The SMILES string of the molecule is NC1CCCC2CN(Cc3cccc(Cl)c3)CC12. The third-order valence-corrected chi connectivity index (χ3v) is 4.76. The van der Waals surface area contributed by atoms with Gasteiger partial charge in [0.05, 0.1) is 0 Å². The Bertz CT molecular complexity index is 421. The predicted molar refractivity (Wildman–Crippen MR) is 75.5 cm³/mol. The molecule has 0 amide bonds. The largest absolute Gasteiger partial charge is 0.327 e. The summed E-state index contributed by atoms with van der Waals surface area (Å²) in [6, 6.07) is 8.63. The highest BCUT2D eigenvalue weighted by Crippen LogP contribution is 2.36. The second kappa shape index (κ2) is 5.20. The second-order valence-electron chi connectivity index (χ2n) is 5.84. The summed E-state index contributed by atoms with van der Waals surface area (Å²) in [5.74, 6) is 1.55. The van der Waals surface area contributed by atoms with Crippen LogP contribution in [0.3, 0.4) is 0 Å². The van der Waals surface area contributed by atoms with Crippen molar-refractivity contribution in [1.29, 1.82) is 0 Å². The molecule has 1 heterocycles.